The van der Waals surface area contributed by atoms with Crippen LogP contribution in [0.1, 0.15) is 26.2 Å². The Morgan fingerprint density at radius 3 is 3.09 bits per heavy atom. The summed E-state index contributed by atoms with van der Waals surface area (Å²) in [4.78, 5) is 11.4. The average Bonchev–Trinajstić information content (AvgIpc) is 2.35. The van der Waals surface area contributed by atoms with Crippen molar-refractivity contribution in [1.29, 1.82) is 0 Å². The predicted molar refractivity (Wildman–Crippen MR) is 43.3 cm³/mol. The molecule has 0 amide bonds. The zero-order valence-corrected chi connectivity index (χ0v) is 6.97. The second kappa shape index (κ2) is 2.59. The van der Waals surface area contributed by atoms with Gasteiger partial charge < -0.3 is 5.32 Å². The summed E-state index contributed by atoms with van der Waals surface area (Å²) < 4.78 is 0. The summed E-state index contributed by atoms with van der Waals surface area (Å²) in [7, 11) is 0. The molecule has 3 unspecified atom stereocenters. The van der Waals surface area contributed by atoms with Gasteiger partial charge in [0.05, 0.1) is 6.04 Å². The number of Topliss-reactive ketones (excluding diaryl/α,β-unsaturated/α-hetero) is 1. The Morgan fingerprint density at radius 1 is 1.55 bits per heavy atom. The fraction of sp³-hybridized carbons (Fsp3) is 0.889. The lowest BCUT2D eigenvalue weighted by Gasteiger charge is -2.25. The summed E-state index contributed by atoms with van der Waals surface area (Å²) in [5, 5.41) is 3.31. The third-order valence-electron chi connectivity index (χ3n) is 3.13. The Balaban J connectivity index is 2.13. The van der Waals surface area contributed by atoms with E-state index in [2.05, 4.69) is 12.2 Å². The molecule has 2 heteroatoms. The van der Waals surface area contributed by atoms with Gasteiger partial charge in [-0.15, -0.1) is 0 Å². The number of carbonyl (C=O) groups is 1. The first-order chi connectivity index (χ1) is 5.29. The molecule has 2 aliphatic rings. The quantitative estimate of drug-likeness (QED) is 0.561. The molecular weight excluding hydrogens is 138 g/mol. The zero-order valence-electron chi connectivity index (χ0n) is 6.97. The van der Waals surface area contributed by atoms with Crippen molar-refractivity contribution in [2.75, 3.05) is 6.54 Å². The number of carbonyl (C=O) groups excluding carboxylic acids is 1. The Bertz CT molecular complexity index is 178. The van der Waals surface area contributed by atoms with Crippen LogP contribution in [-0.4, -0.2) is 18.4 Å². The zero-order chi connectivity index (χ0) is 7.84. The minimum absolute atomic E-state index is 0.221. The largest absolute Gasteiger partial charge is 0.307 e. The molecule has 2 fully saturated rings. The van der Waals surface area contributed by atoms with E-state index in [1.54, 1.807) is 0 Å². The van der Waals surface area contributed by atoms with E-state index in [9.17, 15) is 4.79 Å². The van der Waals surface area contributed by atoms with Crippen LogP contribution >= 0.6 is 0 Å². The smallest absolute Gasteiger partial charge is 0.150 e. The second-order valence-corrected chi connectivity index (χ2v) is 3.89. The van der Waals surface area contributed by atoms with Crippen LogP contribution in [-0.2, 0) is 4.79 Å². The molecule has 0 bridgehead atoms. The molecule has 1 aliphatic heterocycles. The second-order valence-electron chi connectivity index (χ2n) is 3.89. The van der Waals surface area contributed by atoms with Gasteiger partial charge in [-0.2, -0.15) is 0 Å². The number of ketones is 1. The monoisotopic (exact) mass is 153 g/mol. The normalized spacial score (nSPS) is 44.1. The number of nitrogens with one attached hydrogen (secondary N) is 1. The molecule has 2 nitrogen and oxygen atoms in total. The Kier molecular flexibility index (Phi) is 1.72. The lowest BCUT2D eigenvalue weighted by molar-refractivity contribution is -0.123. The SMILES string of the molecule is CC1CNC2C(=O)CCCC12. The standard InChI is InChI=1S/C9H15NO/c1-6-5-10-9-7(6)3-2-4-8(9)11/h6-7,9-10H,2-5H2,1H3. The van der Waals surface area contributed by atoms with E-state index in [-0.39, 0.29) is 6.04 Å². The van der Waals surface area contributed by atoms with E-state index in [0.717, 1.165) is 19.4 Å². The van der Waals surface area contributed by atoms with E-state index in [4.69, 9.17) is 0 Å². The molecule has 2 rings (SSSR count). The third-order valence-corrected chi connectivity index (χ3v) is 3.13. The topological polar surface area (TPSA) is 29.1 Å². The van der Waals surface area contributed by atoms with Gasteiger partial charge in [0.15, 0.2) is 0 Å². The Hall–Kier alpha value is -0.370. The molecule has 11 heavy (non-hydrogen) atoms. The van der Waals surface area contributed by atoms with E-state index in [0.29, 0.717) is 17.6 Å². The highest BCUT2D eigenvalue weighted by atomic mass is 16.1. The summed E-state index contributed by atoms with van der Waals surface area (Å²) in [6, 6.07) is 0.221. The van der Waals surface area contributed by atoms with Gasteiger partial charge in [0.1, 0.15) is 5.78 Å². The molecule has 0 spiro atoms. The number of fused-ring (bicyclic) bond motifs is 1. The average molecular weight is 153 g/mol. The van der Waals surface area contributed by atoms with Crippen molar-refractivity contribution in [1.82, 2.24) is 5.32 Å². The van der Waals surface area contributed by atoms with Gasteiger partial charge in [-0.1, -0.05) is 6.92 Å². The molecule has 0 radical (unpaired) electrons. The minimum Gasteiger partial charge on any atom is -0.307 e. The van der Waals surface area contributed by atoms with Crippen molar-refractivity contribution in [2.24, 2.45) is 11.8 Å². The molecule has 1 aliphatic carbocycles. The first kappa shape index (κ1) is 7.29. The lowest BCUT2D eigenvalue weighted by Crippen LogP contribution is -2.38. The number of rotatable bonds is 0. The van der Waals surface area contributed by atoms with E-state index in [1.165, 1.54) is 6.42 Å². The molecule has 1 heterocycles. The molecule has 0 aromatic carbocycles. The summed E-state index contributed by atoms with van der Waals surface area (Å²) in [5.74, 6) is 1.81. The molecule has 1 saturated heterocycles. The van der Waals surface area contributed by atoms with Crippen molar-refractivity contribution in [2.45, 2.75) is 32.2 Å². The maximum Gasteiger partial charge on any atom is 0.150 e. The van der Waals surface area contributed by atoms with Gasteiger partial charge in [0, 0.05) is 6.42 Å². The van der Waals surface area contributed by atoms with Crippen LogP contribution < -0.4 is 5.32 Å². The summed E-state index contributed by atoms with van der Waals surface area (Å²) in [5.41, 5.74) is 0. The fourth-order valence-corrected chi connectivity index (χ4v) is 2.42. The Morgan fingerprint density at radius 2 is 2.36 bits per heavy atom. The number of hydrogen-bond acceptors (Lipinski definition) is 2. The van der Waals surface area contributed by atoms with Gasteiger partial charge in [-0.25, -0.2) is 0 Å². The first-order valence-electron chi connectivity index (χ1n) is 4.55. The van der Waals surface area contributed by atoms with Gasteiger partial charge in [-0.3, -0.25) is 4.79 Å². The summed E-state index contributed by atoms with van der Waals surface area (Å²) in [6.07, 6.45) is 3.18. The lowest BCUT2D eigenvalue weighted by atomic mass is 9.80. The molecule has 0 aromatic heterocycles. The highest BCUT2D eigenvalue weighted by Crippen LogP contribution is 2.32. The highest BCUT2D eigenvalue weighted by Gasteiger charge is 2.39. The maximum absolute atomic E-state index is 11.4. The molecule has 3 atom stereocenters. The van der Waals surface area contributed by atoms with Crippen molar-refractivity contribution in [3.63, 3.8) is 0 Å². The van der Waals surface area contributed by atoms with Crippen LogP contribution in [0, 0.1) is 11.8 Å². The Labute approximate surface area is 67.4 Å². The maximum atomic E-state index is 11.4. The minimum atomic E-state index is 0.221. The van der Waals surface area contributed by atoms with Crippen LogP contribution in [0.2, 0.25) is 0 Å². The third kappa shape index (κ3) is 1.09. The van der Waals surface area contributed by atoms with Gasteiger partial charge >= 0.3 is 0 Å². The van der Waals surface area contributed by atoms with Gasteiger partial charge in [0.2, 0.25) is 0 Å². The first-order valence-corrected chi connectivity index (χ1v) is 4.55. The molecule has 0 aromatic rings. The molecule has 1 saturated carbocycles. The number of hydrogen-bond donors (Lipinski definition) is 1. The molecular formula is C9H15NO. The van der Waals surface area contributed by atoms with Crippen LogP contribution in [0.15, 0.2) is 0 Å². The van der Waals surface area contributed by atoms with E-state index >= 15 is 0 Å². The highest BCUT2D eigenvalue weighted by molar-refractivity contribution is 5.85. The van der Waals surface area contributed by atoms with Crippen LogP contribution in [0.5, 0.6) is 0 Å². The van der Waals surface area contributed by atoms with Gasteiger partial charge in [0.25, 0.3) is 0 Å². The predicted octanol–water partition coefficient (Wildman–Crippen LogP) is 0.964. The molecule has 62 valence electrons. The van der Waals surface area contributed by atoms with Crippen LogP contribution in [0.3, 0.4) is 0 Å². The summed E-state index contributed by atoms with van der Waals surface area (Å²) in [6.45, 7) is 3.29. The fourth-order valence-electron chi connectivity index (χ4n) is 2.42. The van der Waals surface area contributed by atoms with Gasteiger partial charge in [-0.05, 0) is 31.2 Å². The van der Waals surface area contributed by atoms with Crippen LogP contribution in [0.4, 0.5) is 0 Å². The van der Waals surface area contributed by atoms with E-state index in [1.807, 2.05) is 0 Å². The van der Waals surface area contributed by atoms with Crippen molar-refractivity contribution in [3.05, 3.63) is 0 Å². The molecule has 1 N–H and O–H groups in total. The van der Waals surface area contributed by atoms with Crippen molar-refractivity contribution >= 4 is 5.78 Å². The van der Waals surface area contributed by atoms with Crippen LogP contribution in [0.25, 0.3) is 0 Å². The van der Waals surface area contributed by atoms with E-state index < -0.39 is 0 Å². The van der Waals surface area contributed by atoms with Crippen molar-refractivity contribution < 1.29 is 4.79 Å². The summed E-state index contributed by atoms with van der Waals surface area (Å²) >= 11 is 0. The van der Waals surface area contributed by atoms with Crippen molar-refractivity contribution in [3.8, 4) is 0 Å².